The Hall–Kier alpha value is 0.110. The van der Waals surface area contributed by atoms with Gasteiger partial charge in [-0.3, -0.25) is 4.18 Å². The van der Waals surface area contributed by atoms with Crippen LogP contribution in [0.15, 0.2) is 0 Å². The second-order valence-electron chi connectivity index (χ2n) is 3.31. The highest BCUT2D eigenvalue weighted by Crippen LogP contribution is 2.12. The number of halogens is 1. The Bertz CT molecular complexity index is 373. The molecule has 0 aromatic rings. The molecule has 1 rings (SSSR count). The van der Waals surface area contributed by atoms with Crippen molar-refractivity contribution in [1.29, 1.82) is 0 Å². The van der Waals surface area contributed by atoms with E-state index in [0.717, 1.165) is 32.0 Å². The summed E-state index contributed by atoms with van der Waals surface area (Å²) in [6.45, 7) is 0.886. The van der Waals surface area contributed by atoms with Crippen molar-refractivity contribution < 1.29 is 25.8 Å². The van der Waals surface area contributed by atoms with Gasteiger partial charge in [0.15, 0.2) is 0 Å². The van der Waals surface area contributed by atoms with Crippen molar-refractivity contribution in [3.8, 4) is 0 Å². The van der Waals surface area contributed by atoms with E-state index in [9.17, 15) is 16.8 Å². The van der Waals surface area contributed by atoms with E-state index in [-0.39, 0.29) is 12.7 Å². The van der Waals surface area contributed by atoms with Crippen molar-refractivity contribution in [3.63, 3.8) is 0 Å². The van der Waals surface area contributed by atoms with E-state index in [4.69, 9.17) is 4.74 Å². The summed E-state index contributed by atoms with van der Waals surface area (Å²) in [4.78, 5) is 0. The standard InChI is InChI=1S/C6H12O4S.CH3ClO2S/c1-11(7,8)10-5-6-3-2-4-9-6;1-5(2,3)4/h6H,2-5H2,1H3;1H3/t6-;/m0./s1. The Morgan fingerprint density at radius 1 is 1.31 bits per heavy atom. The van der Waals surface area contributed by atoms with Gasteiger partial charge in [-0.25, -0.2) is 8.42 Å². The number of rotatable bonds is 3. The third kappa shape index (κ3) is 14.1. The highest BCUT2D eigenvalue weighted by atomic mass is 35.7. The fourth-order valence-corrected chi connectivity index (χ4v) is 1.37. The van der Waals surface area contributed by atoms with Gasteiger partial charge in [0.1, 0.15) is 0 Å². The lowest BCUT2D eigenvalue weighted by Crippen LogP contribution is -2.16. The third-order valence-electron chi connectivity index (χ3n) is 1.49. The topological polar surface area (TPSA) is 86.7 Å². The summed E-state index contributed by atoms with van der Waals surface area (Å²) in [6, 6.07) is 0. The number of hydrogen-bond donors (Lipinski definition) is 0. The molecule has 1 aliphatic rings. The molecule has 98 valence electrons. The predicted octanol–water partition coefficient (Wildman–Crippen LogP) is 0.326. The summed E-state index contributed by atoms with van der Waals surface area (Å²) in [5.41, 5.74) is 0. The lowest BCUT2D eigenvalue weighted by Gasteiger charge is -2.07. The lowest BCUT2D eigenvalue weighted by molar-refractivity contribution is 0.0704. The third-order valence-corrected chi connectivity index (χ3v) is 2.06. The Morgan fingerprint density at radius 3 is 2.12 bits per heavy atom. The maximum atomic E-state index is 10.5. The quantitative estimate of drug-likeness (QED) is 0.550. The van der Waals surface area contributed by atoms with Gasteiger partial charge < -0.3 is 4.74 Å². The molecule has 1 saturated heterocycles. The SMILES string of the molecule is CS(=O)(=O)Cl.CS(=O)(=O)OC[C@@H]1CCCO1. The molecule has 0 saturated carbocycles. The average molecular weight is 295 g/mol. The molecule has 1 heterocycles. The van der Waals surface area contributed by atoms with E-state index in [0.29, 0.717) is 0 Å². The Balaban J connectivity index is 0.000000385. The summed E-state index contributed by atoms with van der Waals surface area (Å²) >= 11 is 0. The first-order valence-electron chi connectivity index (χ1n) is 4.43. The summed E-state index contributed by atoms with van der Waals surface area (Å²) in [7, 11) is -1.98. The Morgan fingerprint density at radius 2 is 1.81 bits per heavy atom. The molecule has 0 aromatic heterocycles. The van der Waals surface area contributed by atoms with Crippen LogP contribution in [0.3, 0.4) is 0 Å². The van der Waals surface area contributed by atoms with Crippen LogP contribution < -0.4 is 0 Å². The van der Waals surface area contributed by atoms with E-state index in [1.54, 1.807) is 0 Å². The molecule has 1 aliphatic heterocycles. The van der Waals surface area contributed by atoms with Crippen molar-refractivity contribution in [2.24, 2.45) is 0 Å². The largest absolute Gasteiger partial charge is 0.376 e. The Kier molecular flexibility index (Phi) is 6.80. The van der Waals surface area contributed by atoms with Crippen LogP contribution in [0, 0.1) is 0 Å². The molecule has 0 N–H and O–H groups in total. The minimum absolute atomic E-state index is 0.0234. The van der Waals surface area contributed by atoms with Crippen LogP contribution in [0.4, 0.5) is 0 Å². The van der Waals surface area contributed by atoms with Gasteiger partial charge in [-0.1, -0.05) is 0 Å². The summed E-state index contributed by atoms with van der Waals surface area (Å²) < 4.78 is 49.5. The monoisotopic (exact) mass is 294 g/mol. The zero-order chi connectivity index (χ0) is 12.8. The molecule has 9 heteroatoms. The molecule has 1 atom stereocenters. The van der Waals surface area contributed by atoms with Gasteiger partial charge in [0.2, 0.25) is 9.05 Å². The van der Waals surface area contributed by atoms with E-state index < -0.39 is 19.2 Å². The molecule has 6 nitrogen and oxygen atoms in total. The first-order valence-corrected chi connectivity index (χ1v) is 8.97. The molecule has 16 heavy (non-hydrogen) atoms. The molecular weight excluding hydrogens is 280 g/mol. The summed E-state index contributed by atoms with van der Waals surface area (Å²) in [5, 5.41) is 0. The maximum absolute atomic E-state index is 10.5. The van der Waals surface area contributed by atoms with Crippen molar-refractivity contribution in [2.75, 3.05) is 25.7 Å². The predicted molar refractivity (Wildman–Crippen MR) is 60.5 cm³/mol. The average Bonchev–Trinajstić information content (AvgIpc) is 2.47. The number of hydrogen-bond acceptors (Lipinski definition) is 6. The minimum atomic E-state index is -3.29. The number of ether oxygens (including phenoxy) is 1. The van der Waals surface area contributed by atoms with Gasteiger partial charge in [-0.2, -0.15) is 8.42 Å². The van der Waals surface area contributed by atoms with Crippen LogP contribution in [-0.4, -0.2) is 48.7 Å². The molecule has 0 unspecified atom stereocenters. The molecule has 0 spiro atoms. The highest BCUT2D eigenvalue weighted by Gasteiger charge is 2.17. The normalized spacial score (nSPS) is 21.3. The zero-order valence-corrected chi connectivity index (χ0v) is 11.4. The van der Waals surface area contributed by atoms with E-state index in [1.807, 2.05) is 0 Å². The van der Waals surface area contributed by atoms with E-state index in [1.165, 1.54) is 0 Å². The van der Waals surface area contributed by atoms with E-state index >= 15 is 0 Å². The molecule has 0 aromatic carbocycles. The summed E-state index contributed by atoms with van der Waals surface area (Å²) in [6.07, 6.45) is 3.84. The fraction of sp³-hybridized carbons (Fsp3) is 1.00. The second kappa shape index (κ2) is 6.75. The minimum Gasteiger partial charge on any atom is -0.376 e. The molecule has 0 aliphatic carbocycles. The maximum Gasteiger partial charge on any atom is 0.264 e. The van der Waals surface area contributed by atoms with Crippen LogP contribution >= 0.6 is 10.7 Å². The van der Waals surface area contributed by atoms with Crippen LogP contribution in [0.2, 0.25) is 0 Å². The van der Waals surface area contributed by atoms with Crippen molar-refractivity contribution in [1.82, 2.24) is 0 Å². The van der Waals surface area contributed by atoms with Gasteiger partial charge in [-0.05, 0) is 12.8 Å². The van der Waals surface area contributed by atoms with Crippen LogP contribution in [0.25, 0.3) is 0 Å². The molecule has 1 fully saturated rings. The van der Waals surface area contributed by atoms with Gasteiger partial charge in [-0.15, -0.1) is 0 Å². The van der Waals surface area contributed by atoms with Crippen molar-refractivity contribution in [3.05, 3.63) is 0 Å². The molecular formula is C7H15ClO6S2. The van der Waals surface area contributed by atoms with Crippen molar-refractivity contribution >= 4 is 29.9 Å². The first kappa shape index (κ1) is 16.1. The lowest BCUT2D eigenvalue weighted by atomic mass is 10.2. The van der Waals surface area contributed by atoms with Gasteiger partial charge in [0.25, 0.3) is 10.1 Å². The van der Waals surface area contributed by atoms with Crippen molar-refractivity contribution in [2.45, 2.75) is 18.9 Å². The van der Waals surface area contributed by atoms with Gasteiger partial charge >= 0.3 is 0 Å². The van der Waals surface area contributed by atoms with Crippen LogP contribution in [-0.2, 0) is 28.1 Å². The first-order chi connectivity index (χ1) is 7.08. The summed E-state index contributed by atoms with van der Waals surface area (Å²) in [5.74, 6) is 0. The Labute approximate surface area is 100 Å². The highest BCUT2D eigenvalue weighted by molar-refractivity contribution is 8.13. The van der Waals surface area contributed by atoms with Gasteiger partial charge in [0.05, 0.1) is 25.2 Å². The van der Waals surface area contributed by atoms with E-state index in [2.05, 4.69) is 14.9 Å². The van der Waals surface area contributed by atoms with Gasteiger partial charge in [0, 0.05) is 17.3 Å². The molecule has 0 amide bonds. The van der Waals surface area contributed by atoms with Crippen LogP contribution in [0.1, 0.15) is 12.8 Å². The second-order valence-corrected chi connectivity index (χ2v) is 7.99. The fourth-order valence-electron chi connectivity index (χ4n) is 0.975. The molecule has 0 bridgehead atoms. The van der Waals surface area contributed by atoms with Crippen LogP contribution in [0.5, 0.6) is 0 Å². The smallest absolute Gasteiger partial charge is 0.264 e. The molecule has 0 radical (unpaired) electrons. The zero-order valence-electron chi connectivity index (χ0n) is 9.05.